The molecule has 0 atom stereocenters. The van der Waals surface area contributed by atoms with Crippen molar-refractivity contribution >= 4 is 17.3 Å². The summed E-state index contributed by atoms with van der Waals surface area (Å²) in [6.07, 6.45) is 0. The number of amides is 1. The Hall–Kier alpha value is -3.03. The number of non-ortho nitro benzene ring substituents is 1. The minimum Gasteiger partial charge on any atom is -0.310 e. The van der Waals surface area contributed by atoms with Crippen LogP contribution in [0.5, 0.6) is 0 Å². The first-order valence-electron chi connectivity index (χ1n) is 5.57. The molecule has 2 rings (SSSR count). The van der Waals surface area contributed by atoms with E-state index in [0.29, 0.717) is 5.69 Å². The van der Waals surface area contributed by atoms with E-state index in [4.69, 9.17) is 0 Å². The molecule has 0 saturated heterocycles. The van der Waals surface area contributed by atoms with E-state index < -0.39 is 16.4 Å². The molecule has 0 radical (unpaired) electrons. The molecule has 0 unspecified atom stereocenters. The third kappa shape index (κ3) is 2.69. The lowest BCUT2D eigenvalue weighted by atomic mass is 10.2. The van der Waals surface area contributed by atoms with Gasteiger partial charge in [-0.3, -0.25) is 19.7 Å². The number of anilines is 1. The van der Waals surface area contributed by atoms with Gasteiger partial charge in [0.15, 0.2) is 0 Å². The van der Waals surface area contributed by atoms with Crippen LogP contribution in [0.3, 0.4) is 0 Å². The SMILES string of the molecule is CN(C(=O)c1ccc(=O)[nH]n1)c1ccc([N+](=O)[O-])cc1. The lowest BCUT2D eigenvalue weighted by molar-refractivity contribution is -0.384. The zero-order valence-corrected chi connectivity index (χ0v) is 10.4. The van der Waals surface area contributed by atoms with Crippen molar-refractivity contribution in [2.24, 2.45) is 0 Å². The summed E-state index contributed by atoms with van der Waals surface area (Å²) in [5.41, 5.74) is 0.0929. The van der Waals surface area contributed by atoms with E-state index in [9.17, 15) is 19.7 Å². The van der Waals surface area contributed by atoms with E-state index in [1.54, 1.807) is 0 Å². The fourth-order valence-corrected chi connectivity index (χ4v) is 1.55. The zero-order chi connectivity index (χ0) is 14.7. The number of nitrogens with zero attached hydrogens (tertiary/aromatic N) is 3. The standard InChI is InChI=1S/C12H10N4O4/c1-15(8-2-4-9(5-3-8)16(19)20)12(18)10-6-7-11(17)14-13-10/h2-7H,1H3,(H,14,17). The first kappa shape index (κ1) is 13.4. The summed E-state index contributed by atoms with van der Waals surface area (Å²) in [4.78, 5) is 34.3. The van der Waals surface area contributed by atoms with Gasteiger partial charge in [0.05, 0.1) is 4.92 Å². The number of nitrogens with one attached hydrogen (secondary N) is 1. The van der Waals surface area contributed by atoms with Crippen LogP contribution in [0.2, 0.25) is 0 Å². The lowest BCUT2D eigenvalue weighted by Gasteiger charge is -2.16. The number of nitro groups is 1. The molecule has 0 spiro atoms. The van der Waals surface area contributed by atoms with Crippen molar-refractivity contribution in [1.29, 1.82) is 0 Å². The van der Waals surface area contributed by atoms with Crippen molar-refractivity contribution in [3.63, 3.8) is 0 Å². The Morgan fingerprint density at radius 1 is 1.25 bits per heavy atom. The van der Waals surface area contributed by atoms with Crippen LogP contribution in [0.1, 0.15) is 10.5 Å². The van der Waals surface area contributed by atoms with Gasteiger partial charge in [-0.25, -0.2) is 5.10 Å². The molecule has 0 aliphatic carbocycles. The first-order valence-corrected chi connectivity index (χ1v) is 5.57. The van der Waals surface area contributed by atoms with Gasteiger partial charge in [0.25, 0.3) is 17.2 Å². The van der Waals surface area contributed by atoms with Crippen molar-refractivity contribution in [1.82, 2.24) is 10.2 Å². The molecule has 1 aromatic heterocycles. The predicted octanol–water partition coefficient (Wildman–Crippen LogP) is 0.955. The van der Waals surface area contributed by atoms with Crippen molar-refractivity contribution in [3.8, 4) is 0 Å². The molecule has 0 aliphatic rings. The van der Waals surface area contributed by atoms with Gasteiger partial charge in [0, 0.05) is 30.9 Å². The Morgan fingerprint density at radius 2 is 1.90 bits per heavy atom. The van der Waals surface area contributed by atoms with Crippen molar-refractivity contribution < 1.29 is 9.72 Å². The normalized spacial score (nSPS) is 10.1. The minimum atomic E-state index is -0.519. The van der Waals surface area contributed by atoms with Crippen LogP contribution >= 0.6 is 0 Å². The van der Waals surface area contributed by atoms with Crippen molar-refractivity contribution in [2.75, 3.05) is 11.9 Å². The van der Waals surface area contributed by atoms with Gasteiger partial charge < -0.3 is 4.90 Å². The Bertz CT molecular complexity index is 688. The summed E-state index contributed by atoms with van der Waals surface area (Å²) in [5, 5.41) is 16.4. The molecule has 0 saturated carbocycles. The van der Waals surface area contributed by atoms with E-state index in [-0.39, 0.29) is 11.4 Å². The number of H-pyrrole nitrogens is 1. The highest BCUT2D eigenvalue weighted by atomic mass is 16.6. The third-order valence-corrected chi connectivity index (χ3v) is 2.65. The molecule has 0 aliphatic heterocycles. The maximum atomic E-state index is 12.1. The number of rotatable bonds is 3. The summed E-state index contributed by atoms with van der Waals surface area (Å²) in [6, 6.07) is 8.04. The summed E-state index contributed by atoms with van der Waals surface area (Å²) in [5.74, 6) is -0.435. The second-order valence-corrected chi connectivity index (χ2v) is 3.94. The second-order valence-electron chi connectivity index (χ2n) is 3.94. The molecular weight excluding hydrogens is 264 g/mol. The number of hydrogen-bond acceptors (Lipinski definition) is 5. The number of carbonyl (C=O) groups is 1. The topological polar surface area (TPSA) is 109 Å². The molecule has 1 heterocycles. The Kier molecular flexibility index (Phi) is 3.56. The minimum absolute atomic E-state index is 0.0586. The van der Waals surface area contributed by atoms with Crippen LogP contribution in [0.15, 0.2) is 41.2 Å². The van der Waals surface area contributed by atoms with Crippen molar-refractivity contribution in [3.05, 3.63) is 62.6 Å². The summed E-state index contributed by atoms with van der Waals surface area (Å²) in [7, 11) is 1.51. The van der Waals surface area contributed by atoms with Gasteiger partial charge in [0.1, 0.15) is 5.69 Å². The zero-order valence-electron chi connectivity index (χ0n) is 10.4. The van der Waals surface area contributed by atoms with E-state index >= 15 is 0 Å². The Morgan fingerprint density at radius 3 is 2.40 bits per heavy atom. The second kappa shape index (κ2) is 5.31. The number of hydrogen-bond donors (Lipinski definition) is 1. The molecule has 1 aromatic carbocycles. The highest BCUT2D eigenvalue weighted by Crippen LogP contribution is 2.19. The number of aromatic amines is 1. The van der Waals surface area contributed by atoms with Crippen LogP contribution in [-0.4, -0.2) is 28.1 Å². The quantitative estimate of drug-likeness (QED) is 0.662. The van der Waals surface area contributed by atoms with Crippen LogP contribution < -0.4 is 10.5 Å². The van der Waals surface area contributed by atoms with Crippen molar-refractivity contribution in [2.45, 2.75) is 0 Å². The smallest absolute Gasteiger partial charge is 0.278 e. The monoisotopic (exact) mass is 274 g/mol. The molecule has 20 heavy (non-hydrogen) atoms. The van der Waals surface area contributed by atoms with Gasteiger partial charge >= 0.3 is 0 Å². The molecule has 2 aromatic rings. The predicted molar refractivity (Wildman–Crippen MR) is 70.7 cm³/mol. The van der Waals surface area contributed by atoms with Gasteiger partial charge in [-0.1, -0.05) is 0 Å². The van der Waals surface area contributed by atoms with E-state index in [2.05, 4.69) is 10.2 Å². The molecule has 102 valence electrons. The van der Waals surface area contributed by atoms with Crippen LogP contribution in [0, 0.1) is 10.1 Å². The lowest BCUT2D eigenvalue weighted by Crippen LogP contribution is -2.28. The highest BCUT2D eigenvalue weighted by Gasteiger charge is 2.16. The number of nitro benzene ring substituents is 1. The molecule has 8 nitrogen and oxygen atoms in total. The Labute approximate surface area is 112 Å². The van der Waals surface area contributed by atoms with E-state index in [1.807, 2.05) is 0 Å². The Balaban J connectivity index is 2.24. The molecule has 1 N–H and O–H groups in total. The molecule has 1 amide bonds. The van der Waals surface area contributed by atoms with Gasteiger partial charge in [-0.05, 0) is 18.2 Å². The fraction of sp³-hybridized carbons (Fsp3) is 0.0833. The van der Waals surface area contributed by atoms with Gasteiger partial charge in [-0.2, -0.15) is 5.10 Å². The maximum Gasteiger partial charge on any atom is 0.278 e. The molecule has 0 fully saturated rings. The average molecular weight is 274 g/mol. The highest BCUT2D eigenvalue weighted by molar-refractivity contribution is 6.04. The fourth-order valence-electron chi connectivity index (χ4n) is 1.55. The summed E-state index contributed by atoms with van der Waals surface area (Å²) >= 11 is 0. The molecular formula is C12H10N4O4. The number of benzene rings is 1. The van der Waals surface area contributed by atoms with Crippen LogP contribution in [0.25, 0.3) is 0 Å². The average Bonchev–Trinajstić information content (AvgIpc) is 2.46. The van der Waals surface area contributed by atoms with Gasteiger partial charge in [0.2, 0.25) is 0 Å². The summed E-state index contributed by atoms with van der Waals surface area (Å²) in [6.45, 7) is 0. The summed E-state index contributed by atoms with van der Waals surface area (Å²) < 4.78 is 0. The van der Waals surface area contributed by atoms with Crippen LogP contribution in [0.4, 0.5) is 11.4 Å². The largest absolute Gasteiger partial charge is 0.310 e. The number of carbonyl (C=O) groups excluding carboxylic acids is 1. The molecule has 0 bridgehead atoms. The van der Waals surface area contributed by atoms with E-state index in [0.717, 1.165) is 0 Å². The molecule has 8 heteroatoms. The first-order chi connectivity index (χ1) is 9.49. The maximum absolute atomic E-state index is 12.1. The number of aromatic nitrogens is 2. The van der Waals surface area contributed by atoms with Gasteiger partial charge in [-0.15, -0.1) is 0 Å². The van der Waals surface area contributed by atoms with E-state index in [1.165, 1.54) is 48.3 Å². The third-order valence-electron chi connectivity index (χ3n) is 2.65. The van der Waals surface area contributed by atoms with Crippen LogP contribution in [-0.2, 0) is 0 Å².